The molecule has 0 aromatic carbocycles. The number of likely N-dealkylation sites (tertiary alicyclic amines) is 1. The van der Waals surface area contributed by atoms with E-state index < -0.39 is 17.6 Å². The smallest absolute Gasteiger partial charge is 0.383 e. The van der Waals surface area contributed by atoms with Gasteiger partial charge in [0.2, 0.25) is 5.91 Å². The van der Waals surface area contributed by atoms with Crippen LogP contribution in [0, 0.1) is 11.8 Å². The molecule has 2 fully saturated rings. The zero-order chi connectivity index (χ0) is 20.6. The molecule has 2 aromatic rings. The minimum absolute atomic E-state index is 0.164. The maximum Gasteiger partial charge on any atom is 0.419 e. The number of nitrogens with two attached hydrogens (primary N) is 1. The van der Waals surface area contributed by atoms with Gasteiger partial charge in [-0.3, -0.25) is 4.79 Å². The number of amides is 1. The highest BCUT2D eigenvalue weighted by Gasteiger charge is 2.45. The average molecular weight is 395 g/mol. The number of aromatic nitrogens is 3. The van der Waals surface area contributed by atoms with Crippen LogP contribution in [-0.4, -0.2) is 38.8 Å². The van der Waals surface area contributed by atoms with Crippen molar-refractivity contribution in [2.24, 2.45) is 11.8 Å². The molecule has 0 spiro atoms. The summed E-state index contributed by atoms with van der Waals surface area (Å²) in [7, 11) is 0. The Morgan fingerprint density at radius 2 is 1.89 bits per heavy atom. The van der Waals surface area contributed by atoms with Crippen LogP contribution < -0.4 is 5.73 Å². The molecule has 6 nitrogen and oxygen atoms in total. The van der Waals surface area contributed by atoms with Crippen molar-refractivity contribution in [3.8, 4) is 11.3 Å². The number of hydrogen-bond acceptors (Lipinski definition) is 4. The van der Waals surface area contributed by atoms with Crippen molar-refractivity contribution in [1.29, 1.82) is 0 Å². The summed E-state index contributed by atoms with van der Waals surface area (Å²) in [4.78, 5) is 23.4. The number of alkyl halides is 3. The summed E-state index contributed by atoms with van der Waals surface area (Å²) >= 11 is 0. The topological polar surface area (TPSA) is 87.9 Å². The molecule has 1 aliphatic heterocycles. The number of nitrogens with zero attached hydrogens (tertiary/aromatic N) is 3. The van der Waals surface area contributed by atoms with Crippen LogP contribution in [0.3, 0.4) is 0 Å². The van der Waals surface area contributed by atoms with Crippen LogP contribution in [0.2, 0.25) is 0 Å². The van der Waals surface area contributed by atoms with E-state index in [2.05, 4.69) is 15.0 Å². The first-order chi connectivity index (χ1) is 13.1. The van der Waals surface area contributed by atoms with Gasteiger partial charge in [0.15, 0.2) is 0 Å². The molecule has 2 atom stereocenters. The number of carbonyl (C=O) groups excluding carboxylic acids is 1. The van der Waals surface area contributed by atoms with Crippen LogP contribution in [0.4, 0.5) is 19.0 Å². The maximum atomic E-state index is 12.7. The van der Waals surface area contributed by atoms with Gasteiger partial charge in [-0.15, -0.1) is 0 Å². The molecule has 3 heterocycles. The van der Waals surface area contributed by atoms with E-state index >= 15 is 0 Å². The van der Waals surface area contributed by atoms with Gasteiger partial charge in [0.25, 0.3) is 0 Å². The molecule has 0 bridgehead atoms. The van der Waals surface area contributed by atoms with Crippen molar-refractivity contribution in [1.82, 2.24) is 19.9 Å². The first-order valence-corrected chi connectivity index (χ1v) is 9.19. The fourth-order valence-corrected chi connectivity index (χ4v) is 3.28. The monoisotopic (exact) mass is 395 g/mol. The molecular weight excluding hydrogens is 371 g/mol. The van der Waals surface area contributed by atoms with Crippen molar-refractivity contribution >= 4 is 11.7 Å². The summed E-state index contributed by atoms with van der Waals surface area (Å²) < 4.78 is 38.2. The lowest BCUT2D eigenvalue weighted by atomic mass is 10.1. The highest BCUT2D eigenvalue weighted by molar-refractivity contribution is 5.73. The summed E-state index contributed by atoms with van der Waals surface area (Å²) in [6.07, 6.45) is -0.358. The van der Waals surface area contributed by atoms with E-state index in [4.69, 9.17) is 5.73 Å². The first-order valence-electron chi connectivity index (χ1n) is 9.19. The summed E-state index contributed by atoms with van der Waals surface area (Å²) in [6, 6.07) is 0.972. The maximum absolute atomic E-state index is 12.7. The number of nitrogens with one attached hydrogen (secondary N) is 1. The Kier molecular flexibility index (Phi) is 5.36. The minimum atomic E-state index is -4.52. The summed E-state index contributed by atoms with van der Waals surface area (Å²) in [5.74, 6) is 2.36. The second-order valence-corrected chi connectivity index (χ2v) is 7.67. The van der Waals surface area contributed by atoms with Gasteiger partial charge < -0.3 is 15.6 Å². The van der Waals surface area contributed by atoms with Crippen molar-refractivity contribution in [3.05, 3.63) is 29.8 Å². The van der Waals surface area contributed by atoms with Gasteiger partial charge in [0.1, 0.15) is 11.6 Å². The molecule has 1 saturated carbocycles. The molecular formula is C19H24F3N5O. The summed E-state index contributed by atoms with van der Waals surface area (Å²) in [5.41, 5.74) is 5.11. The SMILES string of the molecule is CC(=O)N1CC2CC2C1.CC(C)c1ncc(-c2cnc(N)c(C(F)(F)F)c2)[nH]1. The molecule has 1 aliphatic carbocycles. The number of fused-ring (bicyclic) bond motifs is 1. The van der Waals surface area contributed by atoms with E-state index in [9.17, 15) is 18.0 Å². The Hall–Kier alpha value is -2.58. The van der Waals surface area contributed by atoms with E-state index in [0.717, 1.165) is 31.0 Å². The van der Waals surface area contributed by atoms with Gasteiger partial charge in [0, 0.05) is 37.7 Å². The number of imidazole rings is 1. The number of nitrogen functional groups attached to an aromatic ring is 1. The van der Waals surface area contributed by atoms with Gasteiger partial charge in [-0.25, -0.2) is 9.97 Å². The minimum Gasteiger partial charge on any atom is -0.383 e. The lowest BCUT2D eigenvalue weighted by Gasteiger charge is -2.14. The number of H-pyrrole nitrogens is 1. The zero-order valence-corrected chi connectivity index (χ0v) is 16.0. The lowest BCUT2D eigenvalue weighted by molar-refractivity contribution is -0.137. The number of aromatic amines is 1. The van der Waals surface area contributed by atoms with Crippen LogP contribution >= 0.6 is 0 Å². The van der Waals surface area contributed by atoms with Gasteiger partial charge in [-0.1, -0.05) is 13.8 Å². The predicted molar refractivity (Wildman–Crippen MR) is 99.2 cm³/mol. The molecule has 2 aromatic heterocycles. The van der Waals surface area contributed by atoms with Crippen molar-refractivity contribution in [2.45, 2.75) is 39.3 Å². The molecule has 1 saturated heterocycles. The summed E-state index contributed by atoms with van der Waals surface area (Å²) in [6.45, 7) is 7.61. The van der Waals surface area contributed by atoms with E-state index in [0.29, 0.717) is 17.1 Å². The molecule has 4 rings (SSSR count). The number of piperidine rings is 1. The van der Waals surface area contributed by atoms with Crippen molar-refractivity contribution in [2.75, 3.05) is 18.8 Å². The first kappa shape index (κ1) is 20.2. The van der Waals surface area contributed by atoms with Crippen LogP contribution in [-0.2, 0) is 11.0 Å². The standard InChI is InChI=1S/C12H13F3N4.C7H11NO/c1-6(2)11-18-5-9(19-11)7-3-8(12(13,14)15)10(16)17-4-7;1-5(9)8-3-6-2-7(6)4-8/h3-6H,1-2H3,(H2,16,17)(H,18,19);6-7H,2-4H2,1H3. The van der Waals surface area contributed by atoms with Gasteiger partial charge >= 0.3 is 6.18 Å². The van der Waals surface area contributed by atoms with E-state index in [-0.39, 0.29) is 11.8 Å². The Morgan fingerprint density at radius 1 is 1.25 bits per heavy atom. The average Bonchev–Trinajstić information content (AvgIpc) is 3.01. The Balaban J connectivity index is 0.000000206. The third kappa shape index (κ3) is 4.45. The van der Waals surface area contributed by atoms with Crippen LogP contribution in [0.25, 0.3) is 11.3 Å². The normalized spacial score (nSPS) is 20.6. The number of pyridine rings is 1. The van der Waals surface area contributed by atoms with Gasteiger partial charge in [0.05, 0.1) is 17.5 Å². The predicted octanol–water partition coefficient (Wildman–Crippen LogP) is 3.68. The number of hydrogen-bond donors (Lipinski definition) is 2. The second kappa shape index (κ2) is 7.44. The fourth-order valence-electron chi connectivity index (χ4n) is 3.28. The van der Waals surface area contributed by atoms with E-state index in [1.165, 1.54) is 18.8 Å². The number of halogens is 3. The molecule has 2 unspecified atom stereocenters. The number of carbonyl (C=O) groups is 1. The molecule has 2 aliphatic rings. The Bertz CT molecular complexity index is 851. The van der Waals surface area contributed by atoms with Crippen LogP contribution in [0.5, 0.6) is 0 Å². The van der Waals surface area contributed by atoms with Gasteiger partial charge in [-0.2, -0.15) is 13.2 Å². The number of anilines is 1. The fraction of sp³-hybridized carbons (Fsp3) is 0.526. The third-order valence-electron chi connectivity index (χ3n) is 5.10. The molecule has 3 N–H and O–H groups in total. The van der Waals surface area contributed by atoms with Gasteiger partial charge in [-0.05, 0) is 24.3 Å². The largest absolute Gasteiger partial charge is 0.419 e. The highest BCUT2D eigenvalue weighted by atomic mass is 19.4. The van der Waals surface area contributed by atoms with Crippen LogP contribution in [0.15, 0.2) is 18.5 Å². The lowest BCUT2D eigenvalue weighted by Crippen LogP contribution is -2.27. The third-order valence-corrected chi connectivity index (χ3v) is 5.10. The molecule has 152 valence electrons. The number of rotatable bonds is 2. The molecule has 1 amide bonds. The molecule has 9 heteroatoms. The van der Waals surface area contributed by atoms with Crippen molar-refractivity contribution in [3.63, 3.8) is 0 Å². The molecule has 0 radical (unpaired) electrons. The van der Waals surface area contributed by atoms with E-state index in [1.807, 2.05) is 18.7 Å². The second-order valence-electron chi connectivity index (χ2n) is 7.67. The van der Waals surface area contributed by atoms with E-state index in [1.54, 1.807) is 6.92 Å². The summed E-state index contributed by atoms with van der Waals surface area (Å²) in [5, 5.41) is 0. The Morgan fingerprint density at radius 3 is 2.36 bits per heavy atom. The quantitative estimate of drug-likeness (QED) is 0.812. The van der Waals surface area contributed by atoms with Crippen molar-refractivity contribution < 1.29 is 18.0 Å². The Labute approximate surface area is 161 Å². The zero-order valence-electron chi connectivity index (χ0n) is 16.0. The van der Waals surface area contributed by atoms with Crippen LogP contribution in [0.1, 0.15) is 44.5 Å². The highest BCUT2D eigenvalue weighted by Crippen LogP contribution is 2.44. The molecule has 28 heavy (non-hydrogen) atoms.